The Bertz CT molecular complexity index is 1260. The number of carbonyl (C=O) groups excluding carboxylic acids is 1. The highest BCUT2D eigenvalue weighted by atomic mass is 32.2. The third kappa shape index (κ3) is 4.78. The van der Waals surface area contributed by atoms with Crippen LogP contribution in [0.15, 0.2) is 77.7 Å². The molecule has 0 heterocycles. The van der Waals surface area contributed by atoms with Gasteiger partial charge in [0.2, 0.25) is 0 Å². The van der Waals surface area contributed by atoms with Gasteiger partial charge >= 0.3 is 0 Å². The van der Waals surface area contributed by atoms with Gasteiger partial charge in [-0.15, -0.1) is 0 Å². The van der Waals surface area contributed by atoms with Crippen LogP contribution in [0.3, 0.4) is 0 Å². The molecule has 5 heteroatoms. The van der Waals surface area contributed by atoms with Crippen molar-refractivity contribution >= 4 is 21.8 Å². The van der Waals surface area contributed by atoms with E-state index in [1.54, 1.807) is 18.2 Å². The number of hydrogen-bond acceptors (Lipinski definition) is 3. The predicted octanol–water partition coefficient (Wildman–Crippen LogP) is 4.88. The molecular formula is C26H25NO3S. The summed E-state index contributed by atoms with van der Waals surface area (Å²) >= 11 is 0. The summed E-state index contributed by atoms with van der Waals surface area (Å²) in [5.74, 6) is -0.187. The smallest absolute Gasteiger partial charge is 0.252 e. The zero-order valence-electron chi connectivity index (χ0n) is 17.6. The second-order valence-corrected chi connectivity index (χ2v) is 10.0. The van der Waals surface area contributed by atoms with Crippen molar-refractivity contribution in [2.45, 2.75) is 30.7 Å². The molecule has 4 nitrogen and oxygen atoms in total. The number of aryl methyl sites for hydroxylation is 2. The lowest BCUT2D eigenvalue weighted by Gasteiger charge is -2.21. The number of rotatable bonds is 5. The Labute approximate surface area is 183 Å². The Morgan fingerprint density at radius 3 is 2.48 bits per heavy atom. The molecule has 1 aliphatic carbocycles. The fraction of sp³-hybridized carbons (Fsp3) is 0.192. The molecule has 3 aromatic rings. The van der Waals surface area contributed by atoms with Crippen LogP contribution in [0.1, 0.15) is 50.6 Å². The van der Waals surface area contributed by atoms with Gasteiger partial charge in [-0.3, -0.25) is 4.79 Å². The highest BCUT2D eigenvalue weighted by Crippen LogP contribution is 2.26. The summed E-state index contributed by atoms with van der Waals surface area (Å²) in [5, 5.41) is 3.12. The first kappa shape index (κ1) is 21.1. The van der Waals surface area contributed by atoms with E-state index in [-0.39, 0.29) is 10.8 Å². The summed E-state index contributed by atoms with van der Waals surface area (Å²) in [6, 6.07) is 20.0. The minimum atomic E-state index is -3.36. The lowest BCUT2D eigenvalue weighted by atomic mass is 9.94. The monoisotopic (exact) mass is 431 g/mol. The second kappa shape index (κ2) is 8.52. The molecule has 4 rings (SSSR count). The van der Waals surface area contributed by atoms with Crippen LogP contribution in [0, 0.1) is 6.92 Å². The summed E-state index contributed by atoms with van der Waals surface area (Å²) in [4.78, 5) is 13.4. The van der Waals surface area contributed by atoms with Gasteiger partial charge in [0.15, 0.2) is 9.84 Å². The van der Waals surface area contributed by atoms with E-state index in [0.29, 0.717) is 5.56 Å². The first-order chi connectivity index (χ1) is 14.8. The van der Waals surface area contributed by atoms with E-state index in [1.165, 1.54) is 11.8 Å². The minimum absolute atomic E-state index is 0.187. The van der Waals surface area contributed by atoms with Crippen LogP contribution >= 0.6 is 0 Å². The molecular weight excluding hydrogens is 406 g/mol. The number of amides is 1. The molecule has 0 saturated heterocycles. The zero-order chi connectivity index (χ0) is 22.0. The van der Waals surface area contributed by atoms with E-state index in [1.807, 2.05) is 55.5 Å². The van der Waals surface area contributed by atoms with Gasteiger partial charge in [0.05, 0.1) is 10.9 Å². The lowest BCUT2D eigenvalue weighted by Crippen LogP contribution is -2.29. The molecule has 0 aromatic heterocycles. The molecule has 0 bridgehead atoms. The van der Waals surface area contributed by atoms with Crippen LogP contribution in [0.25, 0.3) is 6.08 Å². The second-order valence-electron chi connectivity index (χ2n) is 8.02. The highest BCUT2D eigenvalue weighted by molar-refractivity contribution is 7.90. The average Bonchev–Trinajstić information content (AvgIpc) is 2.77. The van der Waals surface area contributed by atoms with E-state index in [4.69, 9.17) is 0 Å². The van der Waals surface area contributed by atoms with Gasteiger partial charge in [-0.2, -0.15) is 0 Å². The normalized spacial score (nSPS) is 14.0. The lowest BCUT2D eigenvalue weighted by molar-refractivity contribution is 0.0943. The van der Waals surface area contributed by atoms with E-state index >= 15 is 0 Å². The summed E-state index contributed by atoms with van der Waals surface area (Å²) in [6.07, 6.45) is 7.32. The Morgan fingerprint density at radius 1 is 0.968 bits per heavy atom. The molecule has 0 aliphatic heterocycles. The number of sulfone groups is 1. The van der Waals surface area contributed by atoms with E-state index in [2.05, 4.69) is 17.5 Å². The maximum Gasteiger partial charge on any atom is 0.252 e. The van der Waals surface area contributed by atoms with Gasteiger partial charge in [-0.1, -0.05) is 60.2 Å². The van der Waals surface area contributed by atoms with Gasteiger partial charge < -0.3 is 5.32 Å². The Kier molecular flexibility index (Phi) is 5.79. The SMILES string of the molecule is Cc1ccc(C(NC(=O)c2ccc3c(c2)CCC=C3)c2cccc(S(C)(=O)=O)c2)cc1. The third-order valence-corrected chi connectivity index (χ3v) is 6.70. The molecule has 3 aromatic carbocycles. The molecule has 31 heavy (non-hydrogen) atoms. The zero-order valence-corrected chi connectivity index (χ0v) is 18.4. The van der Waals surface area contributed by atoms with Gasteiger partial charge in [-0.05, 0) is 66.3 Å². The number of fused-ring (bicyclic) bond motifs is 1. The van der Waals surface area contributed by atoms with Crippen molar-refractivity contribution in [3.05, 3.63) is 106 Å². The number of nitrogens with one attached hydrogen (secondary N) is 1. The first-order valence-corrected chi connectivity index (χ1v) is 12.2. The fourth-order valence-corrected chi connectivity index (χ4v) is 4.51. The molecule has 1 atom stereocenters. The van der Waals surface area contributed by atoms with Crippen LogP contribution in [-0.2, 0) is 16.3 Å². The van der Waals surface area contributed by atoms with Gasteiger partial charge in [0.25, 0.3) is 5.91 Å². The van der Waals surface area contributed by atoms with Crippen LogP contribution in [-0.4, -0.2) is 20.6 Å². The van der Waals surface area contributed by atoms with Gasteiger partial charge in [0, 0.05) is 11.8 Å². The molecule has 0 saturated carbocycles. The van der Waals surface area contributed by atoms with Crippen molar-refractivity contribution in [1.29, 1.82) is 0 Å². The van der Waals surface area contributed by atoms with E-state index in [0.717, 1.165) is 35.1 Å². The van der Waals surface area contributed by atoms with Crippen molar-refractivity contribution in [2.24, 2.45) is 0 Å². The Morgan fingerprint density at radius 2 is 1.74 bits per heavy atom. The molecule has 0 fully saturated rings. The van der Waals surface area contributed by atoms with Crippen LogP contribution < -0.4 is 5.32 Å². The standard InChI is InChI=1S/C26H25NO3S/c1-18-10-12-20(13-11-18)25(22-8-5-9-24(17-22)31(2,29)30)27-26(28)23-15-14-19-6-3-4-7-21(19)16-23/h3,5-6,8-17,25H,4,7H2,1-2H3,(H,27,28). The average molecular weight is 432 g/mol. The maximum absolute atomic E-state index is 13.2. The number of carbonyl (C=O) groups is 1. The Balaban J connectivity index is 1.71. The fourth-order valence-electron chi connectivity index (χ4n) is 3.83. The molecule has 0 radical (unpaired) electrons. The van der Waals surface area contributed by atoms with Crippen LogP contribution in [0.4, 0.5) is 0 Å². The van der Waals surface area contributed by atoms with E-state index < -0.39 is 15.9 Å². The van der Waals surface area contributed by atoms with Crippen molar-refractivity contribution in [2.75, 3.05) is 6.26 Å². The van der Waals surface area contributed by atoms with Crippen molar-refractivity contribution in [1.82, 2.24) is 5.32 Å². The number of benzene rings is 3. The van der Waals surface area contributed by atoms with Gasteiger partial charge in [-0.25, -0.2) is 8.42 Å². The number of hydrogen-bond donors (Lipinski definition) is 1. The predicted molar refractivity (Wildman–Crippen MR) is 124 cm³/mol. The third-order valence-electron chi connectivity index (χ3n) is 5.59. The summed E-state index contributed by atoms with van der Waals surface area (Å²) in [7, 11) is -3.36. The minimum Gasteiger partial charge on any atom is -0.341 e. The summed E-state index contributed by atoms with van der Waals surface area (Å²) in [6.45, 7) is 2.00. The van der Waals surface area contributed by atoms with Gasteiger partial charge in [0.1, 0.15) is 0 Å². The Hall–Kier alpha value is -3.18. The first-order valence-electron chi connectivity index (χ1n) is 10.3. The van der Waals surface area contributed by atoms with Crippen molar-refractivity contribution in [3.63, 3.8) is 0 Å². The van der Waals surface area contributed by atoms with E-state index in [9.17, 15) is 13.2 Å². The molecule has 0 spiro atoms. The highest BCUT2D eigenvalue weighted by Gasteiger charge is 2.20. The largest absolute Gasteiger partial charge is 0.341 e. The topological polar surface area (TPSA) is 63.2 Å². The summed E-state index contributed by atoms with van der Waals surface area (Å²) in [5.41, 5.74) is 5.65. The molecule has 1 amide bonds. The molecule has 1 N–H and O–H groups in total. The quantitative estimate of drug-likeness (QED) is 0.626. The summed E-state index contributed by atoms with van der Waals surface area (Å²) < 4.78 is 24.2. The van der Waals surface area contributed by atoms with Crippen LogP contribution in [0.5, 0.6) is 0 Å². The molecule has 1 unspecified atom stereocenters. The van der Waals surface area contributed by atoms with Crippen LogP contribution in [0.2, 0.25) is 0 Å². The maximum atomic E-state index is 13.2. The van der Waals surface area contributed by atoms with Crippen molar-refractivity contribution < 1.29 is 13.2 Å². The van der Waals surface area contributed by atoms with Crippen molar-refractivity contribution in [3.8, 4) is 0 Å². The number of allylic oxidation sites excluding steroid dienone is 1. The molecule has 158 valence electrons. The molecule has 1 aliphatic rings.